The van der Waals surface area contributed by atoms with Gasteiger partial charge in [0, 0.05) is 31.4 Å². The molecule has 1 aliphatic heterocycles. The number of benzene rings is 1. The summed E-state index contributed by atoms with van der Waals surface area (Å²) >= 11 is 0. The fourth-order valence-corrected chi connectivity index (χ4v) is 2.43. The van der Waals surface area contributed by atoms with Crippen LogP contribution in [0.5, 0.6) is 0 Å². The van der Waals surface area contributed by atoms with Crippen LogP contribution < -0.4 is 10.2 Å². The van der Waals surface area contributed by atoms with E-state index < -0.39 is 0 Å². The Morgan fingerprint density at radius 1 is 1.50 bits per heavy atom. The highest BCUT2D eigenvalue weighted by Gasteiger charge is 2.22. The molecule has 1 aromatic rings. The van der Waals surface area contributed by atoms with E-state index in [-0.39, 0.29) is 12.5 Å². The van der Waals surface area contributed by atoms with Crippen LogP contribution in [0.3, 0.4) is 0 Å². The maximum Gasteiger partial charge on any atom is 0.242 e. The van der Waals surface area contributed by atoms with Gasteiger partial charge in [-0.2, -0.15) is 5.26 Å². The average molecular weight is 272 g/mol. The van der Waals surface area contributed by atoms with Gasteiger partial charge >= 0.3 is 0 Å². The molecule has 1 saturated heterocycles. The molecular formula is C15H20N4O. The van der Waals surface area contributed by atoms with Crippen LogP contribution in [0, 0.1) is 11.3 Å². The molecule has 1 aliphatic rings. The number of amides is 1. The molecule has 5 nitrogen and oxygen atoms in total. The molecule has 0 aromatic heterocycles. The van der Waals surface area contributed by atoms with Gasteiger partial charge in [-0.3, -0.25) is 14.6 Å². The first-order valence-corrected chi connectivity index (χ1v) is 6.89. The molecule has 1 atom stereocenters. The lowest BCUT2D eigenvalue weighted by Gasteiger charge is -2.32. The number of nitrogens with one attached hydrogen (secondary N) is 1. The Hall–Kier alpha value is -1.90. The predicted octanol–water partition coefficient (Wildman–Crippen LogP) is 0.837. The van der Waals surface area contributed by atoms with Crippen molar-refractivity contribution in [1.82, 2.24) is 10.2 Å². The number of anilines is 1. The summed E-state index contributed by atoms with van der Waals surface area (Å²) in [6.45, 7) is 5.19. The zero-order valence-electron chi connectivity index (χ0n) is 11.7. The SMILES string of the molecule is C[C@@H]1CN(CC(=O)N(CC#N)c2ccccc2)CCN1. The lowest BCUT2D eigenvalue weighted by molar-refractivity contribution is -0.119. The molecule has 20 heavy (non-hydrogen) atoms. The first-order chi connectivity index (χ1) is 9.70. The number of carbonyl (C=O) groups is 1. The van der Waals surface area contributed by atoms with Crippen molar-refractivity contribution in [2.45, 2.75) is 13.0 Å². The van der Waals surface area contributed by atoms with Crippen LogP contribution >= 0.6 is 0 Å². The molecule has 1 heterocycles. The third-order valence-electron chi connectivity index (χ3n) is 3.41. The summed E-state index contributed by atoms with van der Waals surface area (Å²) in [6.07, 6.45) is 0. The summed E-state index contributed by atoms with van der Waals surface area (Å²) in [5, 5.41) is 12.3. The molecule has 1 aromatic carbocycles. The maximum absolute atomic E-state index is 12.4. The molecule has 0 radical (unpaired) electrons. The van der Waals surface area contributed by atoms with Crippen molar-refractivity contribution in [3.63, 3.8) is 0 Å². The summed E-state index contributed by atoms with van der Waals surface area (Å²) in [7, 11) is 0. The number of para-hydroxylation sites is 1. The van der Waals surface area contributed by atoms with E-state index in [4.69, 9.17) is 5.26 Å². The fourth-order valence-electron chi connectivity index (χ4n) is 2.43. The highest BCUT2D eigenvalue weighted by molar-refractivity contribution is 5.95. The molecule has 106 valence electrons. The second kappa shape index (κ2) is 7.04. The fraction of sp³-hybridized carbons (Fsp3) is 0.467. The molecule has 0 bridgehead atoms. The highest BCUT2D eigenvalue weighted by Crippen LogP contribution is 2.13. The van der Waals surface area contributed by atoms with Gasteiger partial charge in [-0.15, -0.1) is 0 Å². The topological polar surface area (TPSA) is 59.4 Å². The smallest absolute Gasteiger partial charge is 0.242 e. The van der Waals surface area contributed by atoms with Crippen molar-refractivity contribution in [3.8, 4) is 6.07 Å². The minimum Gasteiger partial charge on any atom is -0.312 e. The van der Waals surface area contributed by atoms with E-state index in [0.29, 0.717) is 12.6 Å². The second-order valence-electron chi connectivity index (χ2n) is 5.06. The summed E-state index contributed by atoms with van der Waals surface area (Å²) in [5.41, 5.74) is 0.780. The molecule has 5 heteroatoms. The number of hydrogen-bond donors (Lipinski definition) is 1. The van der Waals surface area contributed by atoms with Gasteiger partial charge in [0.15, 0.2) is 0 Å². The quantitative estimate of drug-likeness (QED) is 0.825. The van der Waals surface area contributed by atoms with E-state index in [9.17, 15) is 4.79 Å². The lowest BCUT2D eigenvalue weighted by atomic mass is 10.2. The molecule has 0 unspecified atom stereocenters. The van der Waals surface area contributed by atoms with Crippen LogP contribution in [0.2, 0.25) is 0 Å². The summed E-state index contributed by atoms with van der Waals surface area (Å²) in [6, 6.07) is 11.8. The standard InChI is InChI=1S/C15H20N4O/c1-13-11-18(10-8-17-13)12-15(20)19(9-7-16)14-5-3-2-4-6-14/h2-6,13,17H,8-12H2,1H3/t13-/m1/s1. The summed E-state index contributed by atoms with van der Waals surface area (Å²) in [4.78, 5) is 16.1. The van der Waals surface area contributed by atoms with Gasteiger partial charge in [0.2, 0.25) is 5.91 Å². The average Bonchev–Trinajstić information content (AvgIpc) is 2.45. The Morgan fingerprint density at radius 3 is 2.90 bits per heavy atom. The number of nitriles is 1. The van der Waals surface area contributed by atoms with Crippen molar-refractivity contribution in [2.75, 3.05) is 37.6 Å². The number of hydrogen-bond acceptors (Lipinski definition) is 4. The van der Waals surface area contributed by atoms with Crippen LogP contribution in [0.15, 0.2) is 30.3 Å². The van der Waals surface area contributed by atoms with E-state index in [1.54, 1.807) is 4.90 Å². The normalized spacial score (nSPS) is 19.3. The summed E-state index contributed by atoms with van der Waals surface area (Å²) in [5.74, 6) is -0.0214. The van der Waals surface area contributed by atoms with E-state index in [1.807, 2.05) is 30.3 Å². The van der Waals surface area contributed by atoms with Crippen LogP contribution in [0.4, 0.5) is 5.69 Å². The third kappa shape index (κ3) is 3.80. The van der Waals surface area contributed by atoms with Crippen molar-refractivity contribution in [2.24, 2.45) is 0 Å². The molecule has 0 aliphatic carbocycles. The molecule has 1 amide bonds. The van der Waals surface area contributed by atoms with Crippen molar-refractivity contribution < 1.29 is 4.79 Å². The van der Waals surface area contributed by atoms with Gasteiger partial charge in [0.25, 0.3) is 0 Å². The zero-order chi connectivity index (χ0) is 14.4. The van der Waals surface area contributed by atoms with E-state index in [0.717, 1.165) is 25.3 Å². The van der Waals surface area contributed by atoms with Gasteiger partial charge < -0.3 is 5.32 Å². The molecular weight excluding hydrogens is 252 g/mol. The van der Waals surface area contributed by atoms with Gasteiger partial charge in [0.1, 0.15) is 6.54 Å². The summed E-state index contributed by atoms with van der Waals surface area (Å²) < 4.78 is 0. The predicted molar refractivity (Wildman–Crippen MR) is 78.3 cm³/mol. The Labute approximate surface area is 119 Å². The van der Waals surface area contributed by atoms with Crippen LogP contribution in [0.1, 0.15) is 6.92 Å². The zero-order valence-corrected chi connectivity index (χ0v) is 11.7. The number of nitrogens with zero attached hydrogens (tertiary/aromatic N) is 3. The minimum absolute atomic E-state index is 0.0214. The monoisotopic (exact) mass is 272 g/mol. The van der Waals surface area contributed by atoms with E-state index in [2.05, 4.69) is 23.2 Å². The Kier molecular flexibility index (Phi) is 5.10. The molecule has 0 spiro atoms. The van der Waals surface area contributed by atoms with Gasteiger partial charge in [0.05, 0.1) is 12.6 Å². The van der Waals surface area contributed by atoms with E-state index in [1.165, 1.54) is 0 Å². The van der Waals surface area contributed by atoms with Crippen molar-refractivity contribution in [3.05, 3.63) is 30.3 Å². The Bertz CT molecular complexity index is 482. The lowest BCUT2D eigenvalue weighted by Crippen LogP contribution is -2.52. The molecule has 2 rings (SSSR count). The number of rotatable bonds is 4. The molecule has 0 saturated carbocycles. The van der Waals surface area contributed by atoms with Crippen LogP contribution in [-0.4, -0.2) is 49.6 Å². The molecule has 1 N–H and O–H groups in total. The van der Waals surface area contributed by atoms with Gasteiger partial charge in [-0.25, -0.2) is 0 Å². The van der Waals surface area contributed by atoms with Crippen molar-refractivity contribution >= 4 is 11.6 Å². The van der Waals surface area contributed by atoms with Gasteiger partial charge in [-0.05, 0) is 19.1 Å². The third-order valence-corrected chi connectivity index (χ3v) is 3.41. The number of piperazine rings is 1. The first-order valence-electron chi connectivity index (χ1n) is 6.89. The second-order valence-corrected chi connectivity index (χ2v) is 5.06. The Balaban J connectivity index is 2.02. The van der Waals surface area contributed by atoms with Crippen LogP contribution in [0.25, 0.3) is 0 Å². The largest absolute Gasteiger partial charge is 0.312 e. The minimum atomic E-state index is -0.0214. The number of carbonyl (C=O) groups excluding carboxylic acids is 1. The van der Waals surface area contributed by atoms with Gasteiger partial charge in [-0.1, -0.05) is 18.2 Å². The van der Waals surface area contributed by atoms with Crippen LogP contribution in [-0.2, 0) is 4.79 Å². The van der Waals surface area contributed by atoms with E-state index >= 15 is 0 Å². The molecule has 1 fully saturated rings. The van der Waals surface area contributed by atoms with Crippen molar-refractivity contribution in [1.29, 1.82) is 5.26 Å². The maximum atomic E-state index is 12.4. The first kappa shape index (κ1) is 14.5. The highest BCUT2D eigenvalue weighted by atomic mass is 16.2. The Morgan fingerprint density at radius 2 is 2.25 bits per heavy atom.